The molecular formula is C12H14FNO. The van der Waals surface area contributed by atoms with Gasteiger partial charge in [0, 0.05) is 18.4 Å². The molecule has 15 heavy (non-hydrogen) atoms. The van der Waals surface area contributed by atoms with Gasteiger partial charge >= 0.3 is 0 Å². The number of rotatable bonds is 2. The number of carbonyl (C=O) groups is 1. The lowest BCUT2D eigenvalue weighted by Gasteiger charge is -2.17. The van der Waals surface area contributed by atoms with E-state index < -0.39 is 0 Å². The first kappa shape index (κ1) is 10.1. The van der Waals surface area contributed by atoms with Gasteiger partial charge in [0.2, 0.25) is 5.91 Å². The fraction of sp³-hybridized carbons (Fsp3) is 0.417. The van der Waals surface area contributed by atoms with Crippen LogP contribution in [0.2, 0.25) is 0 Å². The van der Waals surface area contributed by atoms with Crippen LogP contribution >= 0.6 is 0 Å². The van der Waals surface area contributed by atoms with Crippen LogP contribution in [0.4, 0.5) is 4.39 Å². The summed E-state index contributed by atoms with van der Waals surface area (Å²) in [6.45, 7) is 2.03. The monoisotopic (exact) mass is 207 g/mol. The topological polar surface area (TPSA) is 29.1 Å². The highest BCUT2D eigenvalue weighted by atomic mass is 19.1. The first-order chi connectivity index (χ1) is 7.20. The summed E-state index contributed by atoms with van der Waals surface area (Å²) in [6.07, 6.45) is 1.36. The van der Waals surface area contributed by atoms with Crippen LogP contribution in [0.5, 0.6) is 0 Å². The predicted octanol–water partition coefficient (Wildman–Crippen LogP) is 2.21. The van der Waals surface area contributed by atoms with E-state index in [1.165, 1.54) is 12.1 Å². The Labute approximate surface area is 88.5 Å². The number of amides is 1. The Morgan fingerprint density at radius 2 is 2.33 bits per heavy atom. The number of carbonyl (C=O) groups excluding carboxylic acids is 1. The second-order valence-corrected chi connectivity index (χ2v) is 3.95. The molecule has 1 aliphatic rings. The molecule has 1 heterocycles. The number of hydrogen-bond acceptors (Lipinski definition) is 1. The standard InChI is InChI=1S/C12H14FNO/c1-2-11-10(7-12(15)14-11)8-4-3-5-9(13)6-8/h3-6,10-11H,2,7H2,1H3,(H,14,15). The molecule has 1 fully saturated rings. The normalized spacial score (nSPS) is 25.3. The smallest absolute Gasteiger partial charge is 0.220 e. The fourth-order valence-electron chi connectivity index (χ4n) is 2.18. The van der Waals surface area contributed by atoms with Crippen molar-refractivity contribution in [3.8, 4) is 0 Å². The molecule has 1 aromatic carbocycles. The van der Waals surface area contributed by atoms with Crippen molar-refractivity contribution in [3.63, 3.8) is 0 Å². The Bertz CT molecular complexity index is 378. The number of benzene rings is 1. The van der Waals surface area contributed by atoms with E-state index in [1.54, 1.807) is 6.07 Å². The van der Waals surface area contributed by atoms with Gasteiger partial charge < -0.3 is 5.32 Å². The van der Waals surface area contributed by atoms with Crippen LogP contribution in [0.3, 0.4) is 0 Å². The highest BCUT2D eigenvalue weighted by Crippen LogP contribution is 2.30. The van der Waals surface area contributed by atoms with E-state index in [-0.39, 0.29) is 23.7 Å². The summed E-state index contributed by atoms with van der Waals surface area (Å²) in [6, 6.07) is 6.68. The predicted molar refractivity (Wildman–Crippen MR) is 56.0 cm³/mol. The van der Waals surface area contributed by atoms with Crippen LogP contribution in [-0.4, -0.2) is 11.9 Å². The zero-order valence-electron chi connectivity index (χ0n) is 8.66. The third-order valence-electron chi connectivity index (χ3n) is 2.95. The first-order valence-corrected chi connectivity index (χ1v) is 5.25. The third kappa shape index (κ3) is 2.01. The molecule has 0 aromatic heterocycles. The van der Waals surface area contributed by atoms with Gasteiger partial charge in [0.25, 0.3) is 0 Å². The highest BCUT2D eigenvalue weighted by molar-refractivity contribution is 5.80. The zero-order valence-corrected chi connectivity index (χ0v) is 8.66. The van der Waals surface area contributed by atoms with Gasteiger partial charge in [-0.2, -0.15) is 0 Å². The molecule has 0 aliphatic carbocycles. The van der Waals surface area contributed by atoms with Crippen molar-refractivity contribution in [2.45, 2.75) is 31.7 Å². The molecular weight excluding hydrogens is 193 g/mol. The van der Waals surface area contributed by atoms with Gasteiger partial charge in [-0.05, 0) is 24.1 Å². The highest BCUT2D eigenvalue weighted by Gasteiger charge is 2.32. The average Bonchev–Trinajstić information content (AvgIpc) is 2.59. The van der Waals surface area contributed by atoms with Crippen molar-refractivity contribution in [1.82, 2.24) is 5.32 Å². The third-order valence-corrected chi connectivity index (χ3v) is 2.95. The number of halogens is 1. The first-order valence-electron chi connectivity index (χ1n) is 5.25. The summed E-state index contributed by atoms with van der Waals surface area (Å²) in [4.78, 5) is 11.3. The maximum atomic E-state index is 13.0. The Hall–Kier alpha value is -1.38. The van der Waals surface area contributed by atoms with E-state index >= 15 is 0 Å². The molecule has 1 saturated heterocycles. The average molecular weight is 207 g/mol. The SMILES string of the molecule is CCC1NC(=O)CC1c1cccc(F)c1. The van der Waals surface area contributed by atoms with Gasteiger partial charge in [0.15, 0.2) is 0 Å². The molecule has 3 heteroatoms. The Kier molecular flexibility index (Phi) is 2.71. The van der Waals surface area contributed by atoms with Crippen LogP contribution in [0, 0.1) is 5.82 Å². The van der Waals surface area contributed by atoms with Crippen molar-refractivity contribution in [2.24, 2.45) is 0 Å². The lowest BCUT2D eigenvalue weighted by Crippen LogP contribution is -2.27. The molecule has 1 amide bonds. The van der Waals surface area contributed by atoms with Crippen LogP contribution in [-0.2, 0) is 4.79 Å². The quantitative estimate of drug-likeness (QED) is 0.791. The minimum absolute atomic E-state index is 0.0658. The molecule has 2 unspecified atom stereocenters. The number of nitrogens with one attached hydrogen (secondary N) is 1. The summed E-state index contributed by atoms with van der Waals surface area (Å²) >= 11 is 0. The van der Waals surface area contributed by atoms with E-state index in [0.29, 0.717) is 6.42 Å². The van der Waals surface area contributed by atoms with Crippen molar-refractivity contribution in [1.29, 1.82) is 0 Å². The Morgan fingerprint density at radius 3 is 3.00 bits per heavy atom. The molecule has 80 valence electrons. The summed E-state index contributed by atoms with van der Waals surface area (Å²) < 4.78 is 13.0. The molecule has 2 nitrogen and oxygen atoms in total. The number of hydrogen-bond donors (Lipinski definition) is 1. The minimum Gasteiger partial charge on any atom is -0.353 e. The molecule has 1 N–H and O–H groups in total. The summed E-state index contributed by atoms with van der Waals surface area (Å²) in [5.74, 6) is -0.0454. The molecule has 1 aliphatic heterocycles. The van der Waals surface area contributed by atoms with E-state index in [9.17, 15) is 9.18 Å². The largest absolute Gasteiger partial charge is 0.353 e. The molecule has 0 bridgehead atoms. The van der Waals surface area contributed by atoms with Crippen molar-refractivity contribution < 1.29 is 9.18 Å². The second kappa shape index (κ2) is 4.01. The molecule has 2 atom stereocenters. The summed E-state index contributed by atoms with van der Waals surface area (Å²) in [7, 11) is 0. The van der Waals surface area contributed by atoms with E-state index in [1.807, 2.05) is 13.0 Å². The van der Waals surface area contributed by atoms with Gasteiger partial charge in [0.1, 0.15) is 5.82 Å². The van der Waals surface area contributed by atoms with Crippen LogP contribution in [0.1, 0.15) is 31.2 Å². The van der Waals surface area contributed by atoms with Crippen molar-refractivity contribution >= 4 is 5.91 Å². The lowest BCUT2D eigenvalue weighted by atomic mass is 9.90. The zero-order chi connectivity index (χ0) is 10.8. The van der Waals surface area contributed by atoms with Crippen molar-refractivity contribution in [3.05, 3.63) is 35.6 Å². The molecule has 2 rings (SSSR count). The summed E-state index contributed by atoms with van der Waals surface area (Å²) in [5.41, 5.74) is 0.917. The van der Waals surface area contributed by atoms with Gasteiger partial charge in [-0.25, -0.2) is 4.39 Å². The maximum Gasteiger partial charge on any atom is 0.220 e. The van der Waals surface area contributed by atoms with Crippen LogP contribution in [0.15, 0.2) is 24.3 Å². The van der Waals surface area contributed by atoms with Gasteiger partial charge in [-0.15, -0.1) is 0 Å². The van der Waals surface area contributed by atoms with Crippen molar-refractivity contribution in [2.75, 3.05) is 0 Å². The fourth-order valence-corrected chi connectivity index (χ4v) is 2.18. The van der Waals surface area contributed by atoms with Gasteiger partial charge in [-0.1, -0.05) is 19.1 Å². The maximum absolute atomic E-state index is 13.0. The van der Waals surface area contributed by atoms with E-state index in [0.717, 1.165) is 12.0 Å². The Morgan fingerprint density at radius 1 is 1.53 bits per heavy atom. The van der Waals surface area contributed by atoms with E-state index in [4.69, 9.17) is 0 Å². The molecule has 0 radical (unpaired) electrons. The molecule has 0 saturated carbocycles. The Balaban J connectivity index is 2.26. The van der Waals surface area contributed by atoms with E-state index in [2.05, 4.69) is 5.32 Å². The summed E-state index contributed by atoms with van der Waals surface area (Å²) in [5, 5.41) is 2.91. The lowest BCUT2D eigenvalue weighted by molar-refractivity contribution is -0.119. The van der Waals surface area contributed by atoms with Crippen LogP contribution in [0.25, 0.3) is 0 Å². The second-order valence-electron chi connectivity index (χ2n) is 3.95. The minimum atomic E-state index is -0.235. The van der Waals surface area contributed by atoms with Gasteiger partial charge in [0.05, 0.1) is 0 Å². The van der Waals surface area contributed by atoms with Gasteiger partial charge in [-0.3, -0.25) is 4.79 Å². The van der Waals surface area contributed by atoms with Crippen LogP contribution < -0.4 is 5.32 Å². The molecule has 0 spiro atoms. The molecule has 1 aromatic rings.